The number of hydrogen-bond acceptors (Lipinski definition) is 1. The van der Waals surface area contributed by atoms with Gasteiger partial charge in [-0.25, -0.2) is 0 Å². The number of aromatic amines is 1. The van der Waals surface area contributed by atoms with Gasteiger partial charge in [-0.1, -0.05) is 48.0 Å². The minimum atomic E-state index is 0.114. The number of aryl methyl sites for hydroxylation is 1. The Labute approximate surface area is 154 Å². The number of para-hydroxylation sites is 1. The van der Waals surface area contributed by atoms with Gasteiger partial charge in [0, 0.05) is 36.3 Å². The van der Waals surface area contributed by atoms with Crippen LogP contribution in [0.15, 0.2) is 60.8 Å². The van der Waals surface area contributed by atoms with E-state index in [9.17, 15) is 4.79 Å². The normalized spacial score (nSPS) is 15.8. The maximum atomic E-state index is 12.5. The van der Waals surface area contributed by atoms with Gasteiger partial charge in [0.1, 0.15) is 0 Å². The lowest BCUT2D eigenvalue weighted by atomic mass is 9.89. The molecular formula is C23H24N2O. The van der Waals surface area contributed by atoms with Crippen LogP contribution < -0.4 is 0 Å². The molecule has 0 radical (unpaired) electrons. The summed E-state index contributed by atoms with van der Waals surface area (Å²) in [5.74, 6) is 0.638. The molecule has 0 aliphatic carbocycles. The van der Waals surface area contributed by atoms with E-state index in [4.69, 9.17) is 0 Å². The van der Waals surface area contributed by atoms with E-state index in [1.807, 2.05) is 23.1 Å². The topological polar surface area (TPSA) is 36.1 Å². The van der Waals surface area contributed by atoms with Gasteiger partial charge >= 0.3 is 0 Å². The molecule has 0 saturated carbocycles. The molecule has 4 rings (SSSR count). The molecule has 1 N–H and O–H groups in total. The SMILES string of the molecule is Cc1ccc(/C=C/C(=O)N2CCC(c3c[nH]c4ccccc34)CC2)cc1. The molecule has 1 aliphatic rings. The van der Waals surface area contributed by atoms with Crippen LogP contribution in [0.5, 0.6) is 0 Å². The fourth-order valence-corrected chi connectivity index (χ4v) is 3.79. The second-order valence-corrected chi connectivity index (χ2v) is 7.13. The third kappa shape index (κ3) is 3.43. The lowest BCUT2D eigenvalue weighted by Gasteiger charge is -2.31. The second kappa shape index (κ2) is 7.20. The predicted octanol–water partition coefficient (Wildman–Crippen LogP) is 4.90. The molecule has 3 aromatic rings. The standard InChI is InChI=1S/C23H24N2O/c1-17-6-8-18(9-7-17)10-11-23(26)25-14-12-19(13-15-25)21-16-24-22-5-3-2-4-20(21)22/h2-11,16,19,24H,12-15H2,1H3/b11-10+. The highest BCUT2D eigenvalue weighted by molar-refractivity contribution is 5.92. The number of nitrogens with zero attached hydrogens (tertiary/aromatic N) is 1. The zero-order chi connectivity index (χ0) is 17.9. The number of amides is 1. The third-order valence-electron chi connectivity index (χ3n) is 5.36. The van der Waals surface area contributed by atoms with Gasteiger partial charge in [0.15, 0.2) is 0 Å². The van der Waals surface area contributed by atoms with Crippen molar-refractivity contribution in [1.29, 1.82) is 0 Å². The first kappa shape index (κ1) is 16.6. The van der Waals surface area contributed by atoms with Crippen LogP contribution in [0, 0.1) is 6.92 Å². The van der Waals surface area contributed by atoms with Crippen LogP contribution in [0.25, 0.3) is 17.0 Å². The van der Waals surface area contributed by atoms with Gasteiger partial charge in [0.05, 0.1) is 0 Å². The number of rotatable bonds is 3. The minimum Gasteiger partial charge on any atom is -0.361 e. The van der Waals surface area contributed by atoms with Crippen LogP contribution in [0.4, 0.5) is 0 Å². The first-order chi connectivity index (χ1) is 12.7. The molecule has 3 heteroatoms. The molecule has 1 aromatic heterocycles. The average molecular weight is 344 g/mol. The number of aromatic nitrogens is 1. The van der Waals surface area contributed by atoms with Crippen molar-refractivity contribution in [2.45, 2.75) is 25.7 Å². The molecule has 0 spiro atoms. The van der Waals surface area contributed by atoms with Crippen LogP contribution in [0.2, 0.25) is 0 Å². The lowest BCUT2D eigenvalue weighted by Crippen LogP contribution is -2.36. The Morgan fingerprint density at radius 3 is 2.58 bits per heavy atom. The molecule has 132 valence electrons. The Bertz CT molecular complexity index is 928. The Balaban J connectivity index is 1.38. The zero-order valence-corrected chi connectivity index (χ0v) is 15.1. The summed E-state index contributed by atoms with van der Waals surface area (Å²) in [7, 11) is 0. The Hall–Kier alpha value is -2.81. The van der Waals surface area contributed by atoms with Gasteiger partial charge in [0.25, 0.3) is 0 Å². The molecule has 1 fully saturated rings. The first-order valence-electron chi connectivity index (χ1n) is 9.30. The third-order valence-corrected chi connectivity index (χ3v) is 5.36. The number of likely N-dealkylation sites (tertiary alicyclic amines) is 1. The summed E-state index contributed by atoms with van der Waals surface area (Å²) < 4.78 is 0. The molecule has 1 saturated heterocycles. The van der Waals surface area contributed by atoms with Crippen molar-refractivity contribution in [3.63, 3.8) is 0 Å². The van der Waals surface area contributed by atoms with E-state index in [2.05, 4.69) is 54.5 Å². The van der Waals surface area contributed by atoms with Gasteiger partial charge in [-0.05, 0) is 49.0 Å². The van der Waals surface area contributed by atoms with E-state index >= 15 is 0 Å². The van der Waals surface area contributed by atoms with Gasteiger partial charge < -0.3 is 9.88 Å². The summed E-state index contributed by atoms with van der Waals surface area (Å²) in [6.45, 7) is 3.71. The highest BCUT2D eigenvalue weighted by Gasteiger charge is 2.24. The number of carbonyl (C=O) groups excluding carboxylic acids is 1. The number of H-pyrrole nitrogens is 1. The van der Waals surface area contributed by atoms with E-state index in [1.54, 1.807) is 6.08 Å². The lowest BCUT2D eigenvalue weighted by molar-refractivity contribution is -0.126. The highest BCUT2D eigenvalue weighted by atomic mass is 16.2. The quantitative estimate of drug-likeness (QED) is 0.674. The van der Waals surface area contributed by atoms with Crippen LogP contribution in [0.1, 0.15) is 35.4 Å². The molecule has 2 heterocycles. The molecule has 1 aliphatic heterocycles. The molecule has 3 nitrogen and oxygen atoms in total. The van der Waals surface area contributed by atoms with Gasteiger partial charge in [0.2, 0.25) is 5.91 Å². The number of benzene rings is 2. The van der Waals surface area contributed by atoms with Crippen molar-refractivity contribution < 1.29 is 4.79 Å². The average Bonchev–Trinajstić information content (AvgIpc) is 3.11. The van der Waals surface area contributed by atoms with Crippen molar-refractivity contribution in [2.75, 3.05) is 13.1 Å². The summed E-state index contributed by atoms with van der Waals surface area (Å²) in [6, 6.07) is 16.7. The minimum absolute atomic E-state index is 0.114. The smallest absolute Gasteiger partial charge is 0.246 e. The van der Waals surface area contributed by atoms with E-state index in [1.165, 1.54) is 22.0 Å². The maximum Gasteiger partial charge on any atom is 0.246 e. The predicted molar refractivity (Wildman–Crippen MR) is 107 cm³/mol. The Kier molecular flexibility index (Phi) is 4.61. The molecule has 2 aromatic carbocycles. The molecule has 1 amide bonds. The monoisotopic (exact) mass is 344 g/mol. The molecule has 26 heavy (non-hydrogen) atoms. The second-order valence-electron chi connectivity index (χ2n) is 7.13. The van der Waals surface area contributed by atoms with Crippen molar-refractivity contribution >= 4 is 22.9 Å². The van der Waals surface area contributed by atoms with Crippen molar-refractivity contribution in [3.8, 4) is 0 Å². The van der Waals surface area contributed by atoms with Crippen molar-refractivity contribution in [2.24, 2.45) is 0 Å². The van der Waals surface area contributed by atoms with Gasteiger partial charge in [-0.15, -0.1) is 0 Å². The largest absolute Gasteiger partial charge is 0.361 e. The number of hydrogen-bond donors (Lipinski definition) is 1. The van der Waals surface area contributed by atoms with Gasteiger partial charge in [-0.2, -0.15) is 0 Å². The van der Waals surface area contributed by atoms with Crippen LogP contribution >= 0.6 is 0 Å². The summed E-state index contributed by atoms with van der Waals surface area (Å²) in [4.78, 5) is 17.8. The summed E-state index contributed by atoms with van der Waals surface area (Å²) in [5, 5.41) is 1.32. The maximum absolute atomic E-state index is 12.5. The fraction of sp³-hybridized carbons (Fsp3) is 0.261. The molecule has 0 unspecified atom stereocenters. The zero-order valence-electron chi connectivity index (χ0n) is 15.1. The Morgan fingerprint density at radius 2 is 1.81 bits per heavy atom. The summed E-state index contributed by atoms with van der Waals surface area (Å²) in [5.41, 5.74) is 4.88. The summed E-state index contributed by atoms with van der Waals surface area (Å²) >= 11 is 0. The highest BCUT2D eigenvalue weighted by Crippen LogP contribution is 2.33. The van der Waals surface area contributed by atoms with Crippen LogP contribution in [-0.4, -0.2) is 28.9 Å². The van der Waals surface area contributed by atoms with Crippen LogP contribution in [0.3, 0.4) is 0 Å². The van der Waals surface area contributed by atoms with E-state index in [0.29, 0.717) is 5.92 Å². The first-order valence-corrected chi connectivity index (χ1v) is 9.30. The Morgan fingerprint density at radius 1 is 1.08 bits per heavy atom. The van der Waals surface area contributed by atoms with Crippen LogP contribution in [-0.2, 0) is 4.79 Å². The number of carbonyl (C=O) groups is 1. The van der Waals surface area contributed by atoms with Crippen molar-refractivity contribution in [3.05, 3.63) is 77.5 Å². The van der Waals surface area contributed by atoms with E-state index in [0.717, 1.165) is 31.5 Å². The van der Waals surface area contributed by atoms with E-state index in [-0.39, 0.29) is 5.91 Å². The fourth-order valence-electron chi connectivity index (χ4n) is 3.79. The summed E-state index contributed by atoms with van der Waals surface area (Å²) in [6.07, 6.45) is 7.80. The number of piperidine rings is 1. The molecule has 0 atom stereocenters. The number of fused-ring (bicyclic) bond motifs is 1. The molecular weight excluding hydrogens is 320 g/mol. The number of nitrogens with one attached hydrogen (secondary N) is 1. The van der Waals surface area contributed by atoms with Gasteiger partial charge in [-0.3, -0.25) is 4.79 Å². The molecule has 0 bridgehead atoms. The van der Waals surface area contributed by atoms with E-state index < -0.39 is 0 Å². The van der Waals surface area contributed by atoms with Crippen molar-refractivity contribution in [1.82, 2.24) is 9.88 Å².